The molecule has 0 spiro atoms. The first-order valence-corrected chi connectivity index (χ1v) is 7.13. The van der Waals surface area contributed by atoms with Gasteiger partial charge in [-0.15, -0.1) is 0 Å². The molecule has 0 aliphatic rings. The summed E-state index contributed by atoms with van der Waals surface area (Å²) in [4.78, 5) is 23.9. The molecular formula is C17H15ClO5. The lowest BCUT2D eigenvalue weighted by atomic mass is 10.1. The van der Waals surface area contributed by atoms with Gasteiger partial charge < -0.3 is 14.6 Å². The Morgan fingerprint density at radius 2 is 1.83 bits per heavy atom. The van der Waals surface area contributed by atoms with Gasteiger partial charge in [0.2, 0.25) is 0 Å². The summed E-state index contributed by atoms with van der Waals surface area (Å²) in [6, 6.07) is 8.97. The van der Waals surface area contributed by atoms with Gasteiger partial charge in [0.05, 0.1) is 17.7 Å². The predicted molar refractivity (Wildman–Crippen MR) is 85.5 cm³/mol. The van der Waals surface area contributed by atoms with E-state index in [1.807, 2.05) is 0 Å². The van der Waals surface area contributed by atoms with Gasteiger partial charge in [-0.05, 0) is 42.8 Å². The Morgan fingerprint density at radius 1 is 1.13 bits per heavy atom. The van der Waals surface area contributed by atoms with E-state index >= 15 is 0 Å². The van der Waals surface area contributed by atoms with Crippen molar-refractivity contribution >= 4 is 23.4 Å². The molecule has 0 unspecified atom stereocenters. The van der Waals surface area contributed by atoms with E-state index in [4.69, 9.17) is 21.1 Å². The Morgan fingerprint density at radius 3 is 2.43 bits per heavy atom. The average Bonchev–Trinajstić information content (AvgIpc) is 2.54. The maximum atomic E-state index is 12.0. The number of hydrogen-bond acceptors (Lipinski definition) is 5. The molecule has 23 heavy (non-hydrogen) atoms. The highest BCUT2D eigenvalue weighted by molar-refractivity contribution is 6.32. The third-order valence-corrected chi connectivity index (χ3v) is 3.55. The minimum absolute atomic E-state index is 0.00675. The van der Waals surface area contributed by atoms with E-state index in [-0.39, 0.29) is 17.1 Å². The van der Waals surface area contributed by atoms with E-state index < -0.39 is 12.6 Å². The monoisotopic (exact) mass is 334 g/mol. The SMILES string of the molecule is COc1ccc(C(=O)COC(=O)c2ccc(C)c(O)c2)cc1Cl. The van der Waals surface area contributed by atoms with Gasteiger partial charge >= 0.3 is 5.97 Å². The maximum absolute atomic E-state index is 12.0. The molecule has 6 heteroatoms. The van der Waals surface area contributed by atoms with Crippen LogP contribution in [0.15, 0.2) is 36.4 Å². The summed E-state index contributed by atoms with van der Waals surface area (Å²) in [6.07, 6.45) is 0. The molecule has 2 aromatic rings. The predicted octanol–water partition coefficient (Wildman–Crippen LogP) is 3.40. The van der Waals surface area contributed by atoms with Crippen molar-refractivity contribution in [3.05, 3.63) is 58.1 Å². The minimum Gasteiger partial charge on any atom is -0.508 e. The number of rotatable bonds is 5. The van der Waals surface area contributed by atoms with Crippen LogP contribution in [0.25, 0.3) is 0 Å². The number of carbonyl (C=O) groups excluding carboxylic acids is 2. The topological polar surface area (TPSA) is 72.8 Å². The van der Waals surface area contributed by atoms with Crippen LogP contribution < -0.4 is 4.74 Å². The lowest BCUT2D eigenvalue weighted by Gasteiger charge is -2.07. The number of aryl methyl sites for hydroxylation is 1. The molecule has 0 saturated carbocycles. The largest absolute Gasteiger partial charge is 0.508 e. The van der Waals surface area contributed by atoms with Crippen LogP contribution in [0.1, 0.15) is 26.3 Å². The van der Waals surface area contributed by atoms with Crippen molar-refractivity contribution in [1.29, 1.82) is 0 Å². The van der Waals surface area contributed by atoms with E-state index in [0.717, 1.165) is 0 Å². The molecule has 0 bridgehead atoms. The van der Waals surface area contributed by atoms with Crippen molar-refractivity contribution in [3.63, 3.8) is 0 Å². The number of Topliss-reactive ketones (excluding diaryl/α,β-unsaturated/α-hetero) is 1. The molecule has 2 rings (SSSR count). The van der Waals surface area contributed by atoms with Crippen LogP contribution in [-0.2, 0) is 4.74 Å². The standard InChI is InChI=1S/C17H15ClO5/c1-10-3-4-12(8-14(10)19)17(21)23-9-15(20)11-5-6-16(22-2)13(18)7-11/h3-8,19H,9H2,1-2H3. The Balaban J connectivity index is 2.02. The molecule has 0 amide bonds. The van der Waals surface area contributed by atoms with Crippen molar-refractivity contribution in [3.8, 4) is 11.5 Å². The maximum Gasteiger partial charge on any atom is 0.338 e. The van der Waals surface area contributed by atoms with Gasteiger partial charge in [0, 0.05) is 5.56 Å². The molecule has 0 heterocycles. The van der Waals surface area contributed by atoms with Crippen molar-refractivity contribution in [2.24, 2.45) is 0 Å². The van der Waals surface area contributed by atoms with Gasteiger partial charge in [0.1, 0.15) is 11.5 Å². The summed E-state index contributed by atoms with van der Waals surface area (Å²) < 4.78 is 9.97. The fourth-order valence-corrected chi connectivity index (χ4v) is 2.13. The Hall–Kier alpha value is -2.53. The van der Waals surface area contributed by atoms with E-state index in [1.54, 1.807) is 25.1 Å². The zero-order valence-electron chi connectivity index (χ0n) is 12.6. The molecule has 2 aromatic carbocycles. The summed E-state index contributed by atoms with van der Waals surface area (Å²) in [5.41, 5.74) is 1.13. The molecule has 120 valence electrons. The van der Waals surface area contributed by atoms with E-state index in [2.05, 4.69) is 0 Å². The lowest BCUT2D eigenvalue weighted by molar-refractivity contribution is 0.0474. The van der Waals surface area contributed by atoms with Gasteiger partial charge in [0.25, 0.3) is 0 Å². The Bertz CT molecular complexity index is 755. The average molecular weight is 335 g/mol. The summed E-state index contributed by atoms with van der Waals surface area (Å²) in [6.45, 7) is 1.29. The van der Waals surface area contributed by atoms with Crippen molar-refractivity contribution in [2.75, 3.05) is 13.7 Å². The molecule has 0 fully saturated rings. The van der Waals surface area contributed by atoms with E-state index in [0.29, 0.717) is 21.9 Å². The second-order valence-electron chi connectivity index (χ2n) is 4.85. The van der Waals surface area contributed by atoms with Gasteiger partial charge in [0.15, 0.2) is 12.4 Å². The number of hydrogen-bond donors (Lipinski definition) is 1. The van der Waals surface area contributed by atoms with Crippen LogP contribution in [0.3, 0.4) is 0 Å². The fraction of sp³-hybridized carbons (Fsp3) is 0.176. The molecule has 0 aliphatic carbocycles. The van der Waals surface area contributed by atoms with Crippen LogP contribution in [-0.4, -0.2) is 30.6 Å². The summed E-state index contributed by atoms with van der Waals surface area (Å²) in [7, 11) is 1.47. The van der Waals surface area contributed by atoms with E-state index in [9.17, 15) is 14.7 Å². The van der Waals surface area contributed by atoms with Gasteiger partial charge in [-0.1, -0.05) is 17.7 Å². The first kappa shape index (κ1) is 16.8. The zero-order chi connectivity index (χ0) is 17.0. The second-order valence-corrected chi connectivity index (χ2v) is 5.26. The van der Waals surface area contributed by atoms with Gasteiger partial charge in [-0.2, -0.15) is 0 Å². The van der Waals surface area contributed by atoms with Crippen LogP contribution in [0.5, 0.6) is 11.5 Å². The fourth-order valence-electron chi connectivity index (χ4n) is 1.87. The first-order valence-electron chi connectivity index (χ1n) is 6.76. The van der Waals surface area contributed by atoms with Crippen molar-refractivity contribution < 1.29 is 24.2 Å². The number of ketones is 1. The zero-order valence-corrected chi connectivity index (χ0v) is 13.4. The number of phenols is 1. The molecule has 0 radical (unpaired) electrons. The van der Waals surface area contributed by atoms with E-state index in [1.165, 1.54) is 25.3 Å². The minimum atomic E-state index is -0.687. The quantitative estimate of drug-likeness (QED) is 0.670. The number of carbonyl (C=O) groups is 2. The number of ether oxygens (including phenoxy) is 2. The third kappa shape index (κ3) is 4.02. The second kappa shape index (κ2) is 7.15. The van der Waals surface area contributed by atoms with Crippen LogP contribution in [0, 0.1) is 6.92 Å². The smallest absolute Gasteiger partial charge is 0.338 e. The first-order chi connectivity index (χ1) is 10.9. The number of halogens is 1. The number of methoxy groups -OCH3 is 1. The van der Waals surface area contributed by atoms with Crippen LogP contribution in [0.2, 0.25) is 5.02 Å². The highest BCUT2D eigenvalue weighted by Crippen LogP contribution is 2.25. The summed E-state index contributed by atoms with van der Waals surface area (Å²) in [5, 5.41) is 9.88. The molecule has 1 N–H and O–H groups in total. The van der Waals surface area contributed by atoms with Gasteiger partial charge in [-0.25, -0.2) is 4.79 Å². The number of phenolic OH excluding ortho intramolecular Hbond substituents is 1. The number of aromatic hydroxyl groups is 1. The highest BCUT2D eigenvalue weighted by Gasteiger charge is 2.14. The summed E-state index contributed by atoms with van der Waals surface area (Å²) in [5.74, 6) is -0.629. The molecule has 0 atom stereocenters. The Labute approximate surface area is 138 Å². The van der Waals surface area contributed by atoms with Crippen LogP contribution >= 0.6 is 11.6 Å². The molecule has 0 saturated heterocycles. The lowest BCUT2D eigenvalue weighted by Crippen LogP contribution is -2.14. The van der Waals surface area contributed by atoms with Crippen molar-refractivity contribution in [1.82, 2.24) is 0 Å². The highest BCUT2D eigenvalue weighted by atomic mass is 35.5. The summed E-state index contributed by atoms with van der Waals surface area (Å²) >= 11 is 5.95. The van der Waals surface area contributed by atoms with Gasteiger partial charge in [-0.3, -0.25) is 4.79 Å². The van der Waals surface area contributed by atoms with Crippen molar-refractivity contribution in [2.45, 2.75) is 6.92 Å². The Kier molecular flexibility index (Phi) is 5.24. The molecule has 0 aromatic heterocycles. The van der Waals surface area contributed by atoms with Crippen LogP contribution in [0.4, 0.5) is 0 Å². The third-order valence-electron chi connectivity index (χ3n) is 3.25. The molecular weight excluding hydrogens is 320 g/mol. The number of benzene rings is 2. The molecule has 5 nitrogen and oxygen atoms in total. The normalized spacial score (nSPS) is 10.2. The molecule has 0 aliphatic heterocycles. The number of esters is 1.